The summed E-state index contributed by atoms with van der Waals surface area (Å²) in [7, 11) is 2.12. The maximum Gasteiger partial charge on any atom is 0.322 e. The zero-order valence-corrected chi connectivity index (χ0v) is 16.5. The Bertz CT molecular complexity index is 686. The minimum absolute atomic E-state index is 0.0836. The van der Waals surface area contributed by atoms with Crippen molar-refractivity contribution < 1.29 is 14.4 Å². The molecule has 3 rings (SSSR count). The van der Waals surface area contributed by atoms with Gasteiger partial charge >= 0.3 is 6.03 Å². The van der Waals surface area contributed by atoms with Crippen LogP contribution in [0, 0.1) is 5.92 Å². The summed E-state index contributed by atoms with van der Waals surface area (Å²) >= 11 is 0. The molecular formula is C21H30N4O3. The SMILES string of the molecule is CN1CCC(CN(CCc2ccccc2)C(=O)[C@H]2CCC(=O)NC(=O)N2)CC1. The number of hydrogen-bond acceptors (Lipinski definition) is 4. The molecule has 2 heterocycles. The van der Waals surface area contributed by atoms with Crippen molar-refractivity contribution in [2.24, 2.45) is 5.92 Å². The van der Waals surface area contributed by atoms with Crippen molar-refractivity contribution in [1.29, 1.82) is 0 Å². The van der Waals surface area contributed by atoms with Crippen molar-refractivity contribution in [3.05, 3.63) is 35.9 Å². The fraction of sp³-hybridized carbons (Fsp3) is 0.571. The Balaban J connectivity index is 1.67. The van der Waals surface area contributed by atoms with Crippen molar-refractivity contribution in [1.82, 2.24) is 20.4 Å². The lowest BCUT2D eigenvalue weighted by molar-refractivity contribution is -0.134. The van der Waals surface area contributed by atoms with Crippen molar-refractivity contribution in [3.8, 4) is 0 Å². The van der Waals surface area contributed by atoms with Gasteiger partial charge < -0.3 is 15.1 Å². The van der Waals surface area contributed by atoms with E-state index in [4.69, 9.17) is 0 Å². The molecule has 0 spiro atoms. The van der Waals surface area contributed by atoms with E-state index in [1.807, 2.05) is 23.1 Å². The Kier molecular flexibility index (Phi) is 7.03. The second kappa shape index (κ2) is 9.68. The first-order valence-electron chi connectivity index (χ1n) is 10.1. The van der Waals surface area contributed by atoms with Crippen molar-refractivity contribution in [2.75, 3.05) is 33.2 Å². The molecule has 0 unspecified atom stereocenters. The van der Waals surface area contributed by atoms with Crippen molar-refractivity contribution >= 4 is 17.8 Å². The van der Waals surface area contributed by atoms with Crippen LogP contribution in [0.2, 0.25) is 0 Å². The van der Waals surface area contributed by atoms with Gasteiger partial charge in [-0.05, 0) is 57.3 Å². The normalized spacial score (nSPS) is 21.5. The van der Waals surface area contributed by atoms with Crippen LogP contribution in [0.1, 0.15) is 31.2 Å². The Morgan fingerprint density at radius 3 is 2.57 bits per heavy atom. The van der Waals surface area contributed by atoms with Gasteiger partial charge in [-0.25, -0.2) is 4.79 Å². The first kappa shape index (κ1) is 20.3. The van der Waals surface area contributed by atoms with Gasteiger partial charge in [0.15, 0.2) is 0 Å². The lowest BCUT2D eigenvalue weighted by Crippen LogP contribution is -2.51. The zero-order chi connectivity index (χ0) is 19.9. The molecule has 2 aliphatic rings. The Hall–Kier alpha value is -2.41. The minimum Gasteiger partial charge on any atom is -0.340 e. The second-order valence-electron chi connectivity index (χ2n) is 7.88. The van der Waals surface area contributed by atoms with E-state index >= 15 is 0 Å². The van der Waals surface area contributed by atoms with Crippen LogP contribution in [-0.4, -0.2) is 66.9 Å². The molecule has 2 aliphatic heterocycles. The van der Waals surface area contributed by atoms with E-state index in [1.165, 1.54) is 5.56 Å². The van der Waals surface area contributed by atoms with Crippen LogP contribution in [0.25, 0.3) is 0 Å². The van der Waals surface area contributed by atoms with Gasteiger partial charge in [-0.2, -0.15) is 0 Å². The van der Waals surface area contributed by atoms with Crippen molar-refractivity contribution in [3.63, 3.8) is 0 Å². The van der Waals surface area contributed by atoms with Crippen LogP contribution in [0.5, 0.6) is 0 Å². The molecule has 2 fully saturated rings. The molecule has 2 saturated heterocycles. The molecule has 1 atom stereocenters. The molecule has 2 N–H and O–H groups in total. The van der Waals surface area contributed by atoms with E-state index < -0.39 is 12.1 Å². The first-order valence-corrected chi connectivity index (χ1v) is 10.1. The monoisotopic (exact) mass is 386 g/mol. The highest BCUT2D eigenvalue weighted by Crippen LogP contribution is 2.19. The highest BCUT2D eigenvalue weighted by molar-refractivity contribution is 5.98. The molecule has 152 valence electrons. The highest BCUT2D eigenvalue weighted by Gasteiger charge is 2.31. The van der Waals surface area contributed by atoms with Crippen LogP contribution in [-0.2, 0) is 16.0 Å². The summed E-state index contributed by atoms with van der Waals surface area (Å²) in [5.41, 5.74) is 1.19. The van der Waals surface area contributed by atoms with E-state index in [1.54, 1.807) is 0 Å². The molecule has 0 saturated carbocycles. The molecule has 0 aliphatic carbocycles. The molecule has 28 heavy (non-hydrogen) atoms. The zero-order valence-electron chi connectivity index (χ0n) is 16.5. The number of carbonyl (C=O) groups is 3. The van der Waals surface area contributed by atoms with Gasteiger partial charge in [-0.15, -0.1) is 0 Å². The number of benzene rings is 1. The van der Waals surface area contributed by atoms with Gasteiger partial charge in [0.1, 0.15) is 6.04 Å². The molecule has 0 radical (unpaired) electrons. The fourth-order valence-corrected chi connectivity index (χ4v) is 3.89. The van der Waals surface area contributed by atoms with E-state index in [0.717, 1.165) is 32.4 Å². The van der Waals surface area contributed by atoms with E-state index in [-0.39, 0.29) is 18.2 Å². The quantitative estimate of drug-likeness (QED) is 0.774. The maximum atomic E-state index is 13.2. The van der Waals surface area contributed by atoms with Gasteiger partial charge in [0, 0.05) is 19.5 Å². The van der Waals surface area contributed by atoms with E-state index in [0.29, 0.717) is 25.4 Å². The number of likely N-dealkylation sites (tertiary alicyclic amines) is 1. The third kappa shape index (κ3) is 5.79. The molecule has 4 amide bonds. The number of urea groups is 1. The molecule has 7 heteroatoms. The van der Waals surface area contributed by atoms with E-state index in [9.17, 15) is 14.4 Å². The van der Waals surface area contributed by atoms with Gasteiger partial charge in [-0.1, -0.05) is 30.3 Å². The summed E-state index contributed by atoms with van der Waals surface area (Å²) < 4.78 is 0. The number of imide groups is 1. The summed E-state index contributed by atoms with van der Waals surface area (Å²) in [5, 5.41) is 4.91. The van der Waals surface area contributed by atoms with Gasteiger partial charge in [0.25, 0.3) is 0 Å². The highest BCUT2D eigenvalue weighted by atomic mass is 16.2. The number of carbonyl (C=O) groups excluding carboxylic acids is 3. The number of rotatable bonds is 6. The van der Waals surface area contributed by atoms with Crippen LogP contribution < -0.4 is 10.6 Å². The lowest BCUT2D eigenvalue weighted by Gasteiger charge is -2.34. The van der Waals surface area contributed by atoms with Crippen LogP contribution in [0.15, 0.2) is 30.3 Å². The third-order valence-electron chi connectivity index (χ3n) is 5.66. The largest absolute Gasteiger partial charge is 0.340 e. The standard InChI is InChI=1S/C21H30N4O3/c1-24-12-9-17(10-13-24)15-25(14-11-16-5-3-2-4-6-16)20(27)18-7-8-19(26)23-21(28)22-18/h2-6,17-18H,7-15H2,1H3,(H2,22,23,26,28)/t18-/m1/s1. The van der Waals surface area contributed by atoms with E-state index in [2.05, 4.69) is 34.7 Å². The summed E-state index contributed by atoms with van der Waals surface area (Å²) in [6.07, 6.45) is 3.43. The summed E-state index contributed by atoms with van der Waals surface area (Å²) in [5.74, 6) is 0.0517. The Morgan fingerprint density at radius 2 is 1.86 bits per heavy atom. The predicted octanol–water partition coefficient (Wildman–Crippen LogP) is 1.39. The number of nitrogens with one attached hydrogen (secondary N) is 2. The number of amides is 4. The fourth-order valence-electron chi connectivity index (χ4n) is 3.89. The number of piperidine rings is 1. The third-order valence-corrected chi connectivity index (χ3v) is 5.66. The summed E-state index contributed by atoms with van der Waals surface area (Å²) in [6, 6.07) is 8.89. The van der Waals surface area contributed by atoms with Gasteiger partial charge in [0.05, 0.1) is 0 Å². The molecule has 0 aromatic heterocycles. The topological polar surface area (TPSA) is 81.8 Å². The molecule has 1 aromatic carbocycles. The van der Waals surface area contributed by atoms with Crippen LogP contribution >= 0.6 is 0 Å². The number of nitrogens with zero attached hydrogens (tertiary/aromatic N) is 2. The predicted molar refractivity (Wildman–Crippen MR) is 107 cm³/mol. The smallest absolute Gasteiger partial charge is 0.322 e. The average Bonchev–Trinajstić information content (AvgIpc) is 2.87. The molecule has 1 aromatic rings. The minimum atomic E-state index is -0.645. The summed E-state index contributed by atoms with van der Waals surface area (Å²) in [4.78, 5) is 40.8. The Labute approximate surface area is 166 Å². The first-order chi connectivity index (χ1) is 13.5. The molecule has 7 nitrogen and oxygen atoms in total. The van der Waals surface area contributed by atoms with Crippen molar-refractivity contribution in [2.45, 2.75) is 38.1 Å². The summed E-state index contributed by atoms with van der Waals surface area (Å²) in [6.45, 7) is 3.41. The van der Waals surface area contributed by atoms with Crippen LogP contribution in [0.4, 0.5) is 4.79 Å². The lowest BCUT2D eigenvalue weighted by atomic mass is 9.95. The number of hydrogen-bond donors (Lipinski definition) is 2. The van der Waals surface area contributed by atoms with Crippen LogP contribution in [0.3, 0.4) is 0 Å². The molecular weight excluding hydrogens is 356 g/mol. The van der Waals surface area contributed by atoms with Gasteiger partial charge in [-0.3, -0.25) is 14.9 Å². The average molecular weight is 386 g/mol. The van der Waals surface area contributed by atoms with Gasteiger partial charge in [0.2, 0.25) is 11.8 Å². The second-order valence-corrected chi connectivity index (χ2v) is 7.88. The Morgan fingerprint density at radius 1 is 1.14 bits per heavy atom. The maximum absolute atomic E-state index is 13.2. The molecule has 0 bridgehead atoms.